The van der Waals surface area contributed by atoms with Gasteiger partial charge in [-0.05, 0) is 36.5 Å². The van der Waals surface area contributed by atoms with Gasteiger partial charge in [0.05, 0.1) is 0 Å². The van der Waals surface area contributed by atoms with E-state index in [-0.39, 0.29) is 32.5 Å². The van der Waals surface area contributed by atoms with Gasteiger partial charge in [-0.2, -0.15) is 0 Å². The minimum atomic E-state index is -1.34. The molecule has 1 aliphatic rings. The average molecular weight is 589 g/mol. The number of hydrogen-bond acceptors (Lipinski definition) is 9. The largest absolute Gasteiger partial charge is 0.445 e. The second kappa shape index (κ2) is 15.7. The maximum Gasteiger partial charge on any atom is 0.404 e. The number of anilines is 1. The van der Waals surface area contributed by atoms with Crippen LogP contribution in [0.5, 0.6) is 0 Å². The number of primary amides is 2. The Hall–Kier alpha value is -4.99. The predicted octanol–water partition coefficient (Wildman–Crippen LogP) is -1.45. The van der Waals surface area contributed by atoms with Crippen LogP contribution in [0.1, 0.15) is 32.3 Å². The molecule has 2 rings (SSSR count). The number of carbonyl (C=O) groups excluding carboxylic acids is 7. The number of ether oxygens (including phenoxy) is 1. The molecule has 1 heterocycles. The van der Waals surface area contributed by atoms with Crippen LogP contribution in [0.15, 0.2) is 36.4 Å². The lowest BCUT2D eigenvalue weighted by Crippen LogP contribution is -2.60. The third kappa shape index (κ3) is 9.88. The van der Waals surface area contributed by atoms with Crippen molar-refractivity contribution in [1.29, 1.82) is 0 Å². The molecule has 0 saturated carbocycles. The van der Waals surface area contributed by atoms with Gasteiger partial charge in [0, 0.05) is 30.9 Å². The minimum Gasteiger partial charge on any atom is -0.445 e. The fraction of sp³-hybridized carbons (Fsp3) is 0.423. The SMILES string of the molecule is CC(C)C(NC(=O)C(CN)N1C(=O)C=CC1=O)C(=O)NC(CCCNC(N)=O)C(=O)Nc1ccc(COC(N)=O)cc1. The second-order valence-corrected chi connectivity index (χ2v) is 9.65. The number of nitrogens with zero attached hydrogens (tertiary/aromatic N) is 1. The molecule has 1 aliphatic heterocycles. The summed E-state index contributed by atoms with van der Waals surface area (Å²) in [6.07, 6.45) is 1.47. The maximum atomic E-state index is 13.3. The number of nitrogens with one attached hydrogen (secondary N) is 4. The molecule has 42 heavy (non-hydrogen) atoms. The highest BCUT2D eigenvalue weighted by molar-refractivity contribution is 6.15. The van der Waals surface area contributed by atoms with E-state index in [9.17, 15) is 33.6 Å². The van der Waals surface area contributed by atoms with Crippen molar-refractivity contribution in [1.82, 2.24) is 20.9 Å². The third-order valence-corrected chi connectivity index (χ3v) is 6.13. The highest BCUT2D eigenvalue weighted by Crippen LogP contribution is 2.14. The van der Waals surface area contributed by atoms with Gasteiger partial charge in [-0.1, -0.05) is 26.0 Å². The molecule has 10 N–H and O–H groups in total. The van der Waals surface area contributed by atoms with Gasteiger partial charge in [-0.25, -0.2) is 9.59 Å². The minimum absolute atomic E-state index is 0.0565. The maximum absolute atomic E-state index is 13.3. The molecule has 3 atom stereocenters. The number of hydrogen-bond donors (Lipinski definition) is 7. The molecule has 1 aromatic carbocycles. The summed E-state index contributed by atoms with van der Waals surface area (Å²) in [6, 6.07) is 1.98. The monoisotopic (exact) mass is 588 g/mol. The summed E-state index contributed by atoms with van der Waals surface area (Å²) in [4.78, 5) is 86.1. The number of amides is 8. The lowest BCUT2D eigenvalue weighted by Gasteiger charge is -2.29. The Labute approximate surface area is 241 Å². The third-order valence-electron chi connectivity index (χ3n) is 6.13. The Kier molecular flexibility index (Phi) is 12.4. The molecule has 0 bridgehead atoms. The van der Waals surface area contributed by atoms with E-state index in [1.165, 1.54) is 0 Å². The summed E-state index contributed by atoms with van der Waals surface area (Å²) < 4.78 is 4.72. The van der Waals surface area contributed by atoms with E-state index in [1.54, 1.807) is 38.1 Å². The van der Waals surface area contributed by atoms with Crippen LogP contribution in [0.3, 0.4) is 0 Å². The van der Waals surface area contributed by atoms with Crippen molar-refractivity contribution in [3.05, 3.63) is 42.0 Å². The average Bonchev–Trinajstić information content (AvgIpc) is 3.25. The van der Waals surface area contributed by atoms with Crippen LogP contribution >= 0.6 is 0 Å². The van der Waals surface area contributed by atoms with Crippen LogP contribution in [-0.4, -0.2) is 77.8 Å². The number of urea groups is 1. The highest BCUT2D eigenvalue weighted by atomic mass is 16.5. The van der Waals surface area contributed by atoms with Gasteiger partial charge in [0.25, 0.3) is 11.8 Å². The second-order valence-electron chi connectivity index (χ2n) is 9.65. The Balaban J connectivity index is 2.15. The molecular formula is C26H36N8O8. The smallest absolute Gasteiger partial charge is 0.404 e. The zero-order valence-corrected chi connectivity index (χ0v) is 23.3. The predicted molar refractivity (Wildman–Crippen MR) is 149 cm³/mol. The zero-order valence-electron chi connectivity index (χ0n) is 23.3. The van der Waals surface area contributed by atoms with Gasteiger partial charge in [0.15, 0.2) is 0 Å². The van der Waals surface area contributed by atoms with E-state index >= 15 is 0 Å². The van der Waals surface area contributed by atoms with E-state index < -0.39 is 65.7 Å². The van der Waals surface area contributed by atoms with Crippen LogP contribution in [0.25, 0.3) is 0 Å². The fourth-order valence-corrected chi connectivity index (χ4v) is 3.95. The molecule has 0 saturated heterocycles. The summed E-state index contributed by atoms with van der Waals surface area (Å²) >= 11 is 0. The number of benzene rings is 1. The summed E-state index contributed by atoms with van der Waals surface area (Å²) in [5.41, 5.74) is 16.7. The number of imide groups is 1. The van der Waals surface area contributed by atoms with E-state index in [2.05, 4.69) is 21.3 Å². The summed E-state index contributed by atoms with van der Waals surface area (Å²) in [5, 5.41) is 10.2. The lowest BCUT2D eigenvalue weighted by molar-refractivity contribution is -0.145. The normalized spacial score (nSPS) is 14.6. The Morgan fingerprint density at radius 1 is 0.905 bits per heavy atom. The fourth-order valence-electron chi connectivity index (χ4n) is 3.95. The van der Waals surface area contributed by atoms with Crippen LogP contribution in [0.4, 0.5) is 15.3 Å². The number of nitrogens with two attached hydrogens (primary N) is 3. The van der Waals surface area contributed by atoms with Gasteiger partial charge in [0.1, 0.15) is 24.7 Å². The Morgan fingerprint density at radius 2 is 1.52 bits per heavy atom. The van der Waals surface area contributed by atoms with Crippen molar-refractivity contribution >= 4 is 47.3 Å². The van der Waals surface area contributed by atoms with Crippen molar-refractivity contribution in [3.8, 4) is 0 Å². The molecule has 0 radical (unpaired) electrons. The van der Waals surface area contributed by atoms with Crippen LogP contribution < -0.4 is 38.5 Å². The molecule has 1 aromatic rings. The quantitative estimate of drug-likeness (QED) is 0.0932. The van der Waals surface area contributed by atoms with Crippen LogP contribution in [0, 0.1) is 5.92 Å². The molecule has 3 unspecified atom stereocenters. The van der Waals surface area contributed by atoms with Gasteiger partial charge < -0.3 is 43.2 Å². The molecule has 228 valence electrons. The molecule has 0 aromatic heterocycles. The van der Waals surface area contributed by atoms with E-state index in [4.69, 9.17) is 21.9 Å². The number of carbonyl (C=O) groups is 7. The first-order valence-corrected chi connectivity index (χ1v) is 13.0. The van der Waals surface area contributed by atoms with Gasteiger partial charge in [-0.3, -0.25) is 28.9 Å². The van der Waals surface area contributed by atoms with Crippen molar-refractivity contribution in [2.45, 2.75) is 51.4 Å². The molecule has 16 heteroatoms. The summed E-state index contributed by atoms with van der Waals surface area (Å²) in [6.45, 7) is 3.02. The van der Waals surface area contributed by atoms with Crippen LogP contribution in [-0.2, 0) is 35.3 Å². The highest BCUT2D eigenvalue weighted by Gasteiger charge is 2.37. The first kappa shape index (κ1) is 33.2. The van der Waals surface area contributed by atoms with E-state index in [0.29, 0.717) is 16.2 Å². The molecule has 16 nitrogen and oxygen atoms in total. The van der Waals surface area contributed by atoms with Crippen LogP contribution in [0.2, 0.25) is 0 Å². The molecular weight excluding hydrogens is 552 g/mol. The van der Waals surface area contributed by atoms with Crippen molar-refractivity contribution in [2.75, 3.05) is 18.4 Å². The topological polar surface area (TPSA) is 258 Å². The molecule has 0 spiro atoms. The lowest BCUT2D eigenvalue weighted by atomic mass is 10.0. The van der Waals surface area contributed by atoms with Gasteiger partial charge in [-0.15, -0.1) is 0 Å². The van der Waals surface area contributed by atoms with Gasteiger partial charge in [0.2, 0.25) is 17.7 Å². The van der Waals surface area contributed by atoms with Crippen molar-refractivity contribution < 1.29 is 38.3 Å². The number of rotatable bonds is 15. The first-order chi connectivity index (χ1) is 19.8. The first-order valence-electron chi connectivity index (χ1n) is 13.0. The zero-order chi connectivity index (χ0) is 31.4. The standard InChI is InChI=1S/C26H36N8O8/c1-14(2)21(33-23(38)18(12-27)34-19(35)9-10-20(34)36)24(39)32-17(4-3-11-30-25(28)40)22(37)31-16-7-5-15(6-8-16)13-42-26(29)41/h5-10,14,17-18,21H,3-4,11-13,27H2,1-2H3,(H2,29,41)(H,31,37)(H,32,39)(H,33,38)(H3,28,30,40). The molecule has 0 aliphatic carbocycles. The Bertz CT molecular complexity index is 1200. The summed E-state index contributed by atoms with van der Waals surface area (Å²) in [5.74, 6) is -3.98. The van der Waals surface area contributed by atoms with Gasteiger partial charge >= 0.3 is 12.1 Å². The molecule has 8 amide bonds. The molecule has 0 fully saturated rings. The van der Waals surface area contributed by atoms with Crippen molar-refractivity contribution in [3.63, 3.8) is 0 Å². The van der Waals surface area contributed by atoms with E-state index in [0.717, 1.165) is 12.2 Å². The Morgan fingerprint density at radius 3 is 2.05 bits per heavy atom. The summed E-state index contributed by atoms with van der Waals surface area (Å²) in [7, 11) is 0. The van der Waals surface area contributed by atoms with E-state index in [1.807, 2.05) is 0 Å². The van der Waals surface area contributed by atoms with Crippen molar-refractivity contribution in [2.24, 2.45) is 23.1 Å².